The van der Waals surface area contributed by atoms with Gasteiger partial charge in [-0.2, -0.15) is 0 Å². The van der Waals surface area contributed by atoms with Crippen LogP contribution in [0.5, 0.6) is 0 Å². The van der Waals surface area contributed by atoms with Crippen LogP contribution in [0, 0.1) is 0 Å². The zero-order valence-corrected chi connectivity index (χ0v) is 11.7. The summed E-state index contributed by atoms with van der Waals surface area (Å²) in [5.74, 6) is 1.23. The minimum absolute atomic E-state index is 0.103. The van der Waals surface area contributed by atoms with E-state index in [0.29, 0.717) is 18.7 Å². The van der Waals surface area contributed by atoms with Gasteiger partial charge in [-0.3, -0.25) is 14.5 Å². The first kappa shape index (κ1) is 13.9. The first-order valence-corrected chi connectivity index (χ1v) is 7.36. The van der Waals surface area contributed by atoms with Gasteiger partial charge in [0.1, 0.15) is 5.82 Å². The van der Waals surface area contributed by atoms with Gasteiger partial charge < -0.3 is 5.32 Å². The molecule has 1 fully saturated rings. The van der Waals surface area contributed by atoms with Crippen LogP contribution in [0.15, 0.2) is 18.3 Å². The molecule has 19 heavy (non-hydrogen) atoms. The molecule has 1 saturated heterocycles. The maximum absolute atomic E-state index is 11.8. The molecule has 0 aliphatic carbocycles. The van der Waals surface area contributed by atoms with Crippen molar-refractivity contribution in [2.24, 2.45) is 0 Å². The Balaban J connectivity index is 2.13. The number of thioether (sulfide) groups is 1. The average molecular weight is 279 g/mol. The Bertz CT molecular complexity index is 463. The standard InChI is InChI=1S/C13H17N3O2S/c1-2-6-14-12-10(4-3-7-15-12)9-16-11(17)5-8-19-13(16)18/h3-4,7H,2,5-6,8-9H2,1H3,(H,14,15). The van der Waals surface area contributed by atoms with E-state index in [4.69, 9.17) is 0 Å². The van der Waals surface area contributed by atoms with Crippen LogP contribution >= 0.6 is 11.8 Å². The minimum atomic E-state index is -0.165. The third-order valence-corrected chi connectivity index (χ3v) is 3.70. The van der Waals surface area contributed by atoms with Crippen molar-refractivity contribution in [3.8, 4) is 0 Å². The fraction of sp³-hybridized carbons (Fsp3) is 0.462. The van der Waals surface area contributed by atoms with Crippen LogP contribution in [0.25, 0.3) is 0 Å². The van der Waals surface area contributed by atoms with E-state index < -0.39 is 0 Å². The highest BCUT2D eigenvalue weighted by molar-refractivity contribution is 8.13. The molecule has 1 aliphatic heterocycles. The highest BCUT2D eigenvalue weighted by Gasteiger charge is 2.27. The van der Waals surface area contributed by atoms with E-state index in [2.05, 4.69) is 17.2 Å². The van der Waals surface area contributed by atoms with E-state index in [1.54, 1.807) is 6.20 Å². The normalized spacial score (nSPS) is 15.7. The average Bonchev–Trinajstić information content (AvgIpc) is 2.42. The van der Waals surface area contributed by atoms with Crippen LogP contribution < -0.4 is 5.32 Å². The van der Waals surface area contributed by atoms with Crippen molar-refractivity contribution >= 4 is 28.7 Å². The Kier molecular flexibility index (Phi) is 4.79. The first-order chi connectivity index (χ1) is 9.22. The summed E-state index contributed by atoms with van der Waals surface area (Å²) in [7, 11) is 0. The number of carbonyl (C=O) groups excluding carboxylic acids is 2. The Hall–Kier alpha value is -1.56. The van der Waals surface area contributed by atoms with E-state index in [1.807, 2.05) is 12.1 Å². The summed E-state index contributed by atoms with van der Waals surface area (Å²) < 4.78 is 0. The summed E-state index contributed by atoms with van der Waals surface area (Å²) in [6.07, 6.45) is 3.12. The second-order valence-corrected chi connectivity index (χ2v) is 5.33. The van der Waals surface area contributed by atoms with Crippen molar-refractivity contribution in [3.05, 3.63) is 23.9 Å². The van der Waals surface area contributed by atoms with Crippen molar-refractivity contribution in [1.29, 1.82) is 0 Å². The van der Waals surface area contributed by atoms with Crippen molar-refractivity contribution < 1.29 is 9.59 Å². The molecule has 0 radical (unpaired) electrons. The van der Waals surface area contributed by atoms with Gasteiger partial charge in [-0.25, -0.2) is 4.98 Å². The van der Waals surface area contributed by atoms with Gasteiger partial charge in [-0.1, -0.05) is 24.8 Å². The monoisotopic (exact) mass is 279 g/mol. The van der Waals surface area contributed by atoms with Gasteiger partial charge in [0.25, 0.3) is 5.24 Å². The molecule has 102 valence electrons. The SMILES string of the molecule is CCCNc1ncccc1CN1C(=O)CCSC1=O. The summed E-state index contributed by atoms with van der Waals surface area (Å²) in [6.45, 7) is 3.19. The van der Waals surface area contributed by atoms with E-state index in [-0.39, 0.29) is 11.1 Å². The highest BCUT2D eigenvalue weighted by atomic mass is 32.2. The second-order valence-electron chi connectivity index (χ2n) is 4.28. The molecular formula is C13H17N3O2S. The molecular weight excluding hydrogens is 262 g/mol. The highest BCUT2D eigenvalue weighted by Crippen LogP contribution is 2.22. The maximum atomic E-state index is 11.8. The van der Waals surface area contributed by atoms with Crippen LogP contribution in [0.3, 0.4) is 0 Å². The molecule has 1 aromatic rings. The molecule has 5 nitrogen and oxygen atoms in total. The number of anilines is 1. The number of carbonyl (C=O) groups is 2. The lowest BCUT2D eigenvalue weighted by Crippen LogP contribution is -2.37. The van der Waals surface area contributed by atoms with Crippen molar-refractivity contribution in [2.75, 3.05) is 17.6 Å². The van der Waals surface area contributed by atoms with Crippen molar-refractivity contribution in [1.82, 2.24) is 9.88 Å². The Morgan fingerprint density at radius 1 is 1.47 bits per heavy atom. The van der Waals surface area contributed by atoms with Gasteiger partial charge >= 0.3 is 0 Å². The largest absolute Gasteiger partial charge is 0.370 e. The quantitative estimate of drug-likeness (QED) is 0.897. The van der Waals surface area contributed by atoms with Crippen LogP contribution in [-0.2, 0) is 11.3 Å². The predicted octanol–water partition coefficient (Wildman–Crippen LogP) is 2.49. The maximum Gasteiger partial charge on any atom is 0.288 e. The summed E-state index contributed by atoms with van der Waals surface area (Å²) in [4.78, 5) is 29.1. The summed E-state index contributed by atoms with van der Waals surface area (Å²) >= 11 is 1.20. The topological polar surface area (TPSA) is 62.3 Å². The van der Waals surface area contributed by atoms with E-state index in [9.17, 15) is 9.59 Å². The zero-order valence-electron chi connectivity index (χ0n) is 10.9. The number of rotatable bonds is 5. The Morgan fingerprint density at radius 3 is 3.05 bits per heavy atom. The Labute approximate surface area is 116 Å². The number of hydrogen-bond acceptors (Lipinski definition) is 5. The molecule has 0 unspecified atom stereocenters. The fourth-order valence-electron chi connectivity index (χ4n) is 1.83. The molecule has 2 rings (SSSR count). The minimum Gasteiger partial charge on any atom is -0.370 e. The number of aromatic nitrogens is 1. The van der Waals surface area contributed by atoms with Crippen LogP contribution in [0.4, 0.5) is 10.6 Å². The van der Waals surface area contributed by atoms with Gasteiger partial charge in [0.05, 0.1) is 6.54 Å². The van der Waals surface area contributed by atoms with E-state index in [1.165, 1.54) is 16.7 Å². The Morgan fingerprint density at radius 2 is 2.32 bits per heavy atom. The van der Waals surface area contributed by atoms with E-state index in [0.717, 1.165) is 24.3 Å². The molecule has 1 aromatic heterocycles. The van der Waals surface area contributed by atoms with Gasteiger partial charge in [-0.05, 0) is 12.5 Å². The number of pyridine rings is 1. The first-order valence-electron chi connectivity index (χ1n) is 6.37. The number of imide groups is 1. The molecule has 2 amide bonds. The fourth-order valence-corrected chi connectivity index (χ4v) is 2.61. The number of nitrogens with zero attached hydrogens (tertiary/aromatic N) is 2. The number of nitrogens with one attached hydrogen (secondary N) is 1. The lowest BCUT2D eigenvalue weighted by Gasteiger charge is -2.24. The number of amides is 2. The zero-order chi connectivity index (χ0) is 13.7. The number of hydrogen-bond donors (Lipinski definition) is 1. The van der Waals surface area contributed by atoms with Crippen LogP contribution in [-0.4, -0.2) is 33.3 Å². The van der Waals surface area contributed by atoms with Gasteiger partial charge in [0.15, 0.2) is 0 Å². The van der Waals surface area contributed by atoms with Gasteiger partial charge in [-0.15, -0.1) is 0 Å². The third kappa shape index (κ3) is 3.47. The lowest BCUT2D eigenvalue weighted by atomic mass is 10.2. The van der Waals surface area contributed by atoms with E-state index >= 15 is 0 Å². The molecule has 1 N–H and O–H groups in total. The smallest absolute Gasteiger partial charge is 0.288 e. The molecule has 0 saturated carbocycles. The molecule has 0 atom stereocenters. The van der Waals surface area contributed by atoms with Crippen LogP contribution in [0.1, 0.15) is 25.3 Å². The molecule has 2 heterocycles. The molecule has 1 aliphatic rings. The predicted molar refractivity (Wildman–Crippen MR) is 76.0 cm³/mol. The summed E-state index contributed by atoms with van der Waals surface area (Å²) in [6, 6.07) is 3.71. The summed E-state index contributed by atoms with van der Waals surface area (Å²) in [5.41, 5.74) is 0.875. The molecule has 0 aromatic carbocycles. The molecule has 0 spiro atoms. The summed E-state index contributed by atoms with van der Waals surface area (Å²) in [5, 5.41) is 3.05. The van der Waals surface area contributed by atoms with Gasteiger partial charge in [0, 0.05) is 30.5 Å². The van der Waals surface area contributed by atoms with Crippen LogP contribution in [0.2, 0.25) is 0 Å². The third-order valence-electron chi connectivity index (χ3n) is 2.83. The second kappa shape index (κ2) is 6.56. The molecule has 0 bridgehead atoms. The van der Waals surface area contributed by atoms with Crippen molar-refractivity contribution in [2.45, 2.75) is 26.3 Å². The van der Waals surface area contributed by atoms with Crippen molar-refractivity contribution in [3.63, 3.8) is 0 Å². The lowest BCUT2D eigenvalue weighted by molar-refractivity contribution is -0.128. The molecule has 6 heteroatoms. The van der Waals surface area contributed by atoms with Gasteiger partial charge in [0.2, 0.25) is 5.91 Å².